The molecule has 1 aromatic rings. The maximum absolute atomic E-state index is 9.30. The van der Waals surface area contributed by atoms with Crippen molar-refractivity contribution < 1.29 is 14.9 Å². The molecule has 0 saturated heterocycles. The molecule has 2 unspecified atom stereocenters. The number of ether oxygens (including phenoxy) is 1. The molecule has 0 aliphatic carbocycles. The SMILES string of the molecule is CC(O)C(C)Oc1ccc(Br)cc1CO. The minimum Gasteiger partial charge on any atom is -0.488 e. The largest absolute Gasteiger partial charge is 0.488 e. The number of hydrogen-bond acceptors (Lipinski definition) is 3. The summed E-state index contributed by atoms with van der Waals surface area (Å²) in [5, 5.41) is 18.4. The van der Waals surface area contributed by atoms with E-state index in [2.05, 4.69) is 15.9 Å². The first-order valence-corrected chi connectivity index (χ1v) is 5.58. The molecule has 1 rings (SSSR count). The summed E-state index contributed by atoms with van der Waals surface area (Å²) in [5.74, 6) is 0.606. The summed E-state index contributed by atoms with van der Waals surface area (Å²) in [6.07, 6.45) is -0.836. The van der Waals surface area contributed by atoms with E-state index in [9.17, 15) is 5.11 Å². The van der Waals surface area contributed by atoms with Crippen molar-refractivity contribution in [1.82, 2.24) is 0 Å². The Bertz CT molecular complexity index is 326. The molecule has 0 amide bonds. The van der Waals surface area contributed by atoms with Crippen molar-refractivity contribution in [3.8, 4) is 5.75 Å². The molecule has 0 radical (unpaired) electrons. The van der Waals surface area contributed by atoms with E-state index in [4.69, 9.17) is 9.84 Å². The topological polar surface area (TPSA) is 49.7 Å². The van der Waals surface area contributed by atoms with Crippen LogP contribution in [0.15, 0.2) is 22.7 Å². The Hall–Kier alpha value is -0.580. The normalized spacial score (nSPS) is 14.7. The van der Waals surface area contributed by atoms with Crippen LogP contribution in [0.3, 0.4) is 0 Å². The summed E-state index contributed by atoms with van der Waals surface area (Å²) >= 11 is 3.32. The van der Waals surface area contributed by atoms with Crippen molar-refractivity contribution >= 4 is 15.9 Å². The molecule has 0 bridgehead atoms. The third-order valence-corrected chi connectivity index (χ3v) is 2.68. The molecule has 0 fully saturated rings. The molecule has 1 aromatic carbocycles. The van der Waals surface area contributed by atoms with Crippen molar-refractivity contribution in [1.29, 1.82) is 0 Å². The Kier molecular flexibility index (Phi) is 4.57. The molecule has 0 aliphatic heterocycles. The number of rotatable bonds is 4. The van der Waals surface area contributed by atoms with Crippen LogP contribution in [0.5, 0.6) is 5.75 Å². The predicted octanol–water partition coefficient (Wildman–Crippen LogP) is 2.09. The van der Waals surface area contributed by atoms with Gasteiger partial charge in [-0.1, -0.05) is 15.9 Å². The lowest BCUT2D eigenvalue weighted by Crippen LogP contribution is -2.26. The van der Waals surface area contributed by atoms with Crippen LogP contribution in [0.2, 0.25) is 0 Å². The van der Waals surface area contributed by atoms with Gasteiger partial charge >= 0.3 is 0 Å². The van der Waals surface area contributed by atoms with Crippen LogP contribution in [-0.2, 0) is 6.61 Å². The molecule has 3 nitrogen and oxygen atoms in total. The van der Waals surface area contributed by atoms with Crippen LogP contribution < -0.4 is 4.74 Å². The maximum Gasteiger partial charge on any atom is 0.125 e. The fourth-order valence-corrected chi connectivity index (χ4v) is 1.49. The lowest BCUT2D eigenvalue weighted by Gasteiger charge is -2.19. The zero-order chi connectivity index (χ0) is 11.4. The number of aliphatic hydroxyl groups excluding tert-OH is 2. The molecule has 84 valence electrons. The van der Waals surface area contributed by atoms with Crippen molar-refractivity contribution in [2.75, 3.05) is 0 Å². The van der Waals surface area contributed by atoms with E-state index >= 15 is 0 Å². The van der Waals surface area contributed by atoms with E-state index in [1.165, 1.54) is 0 Å². The molecule has 15 heavy (non-hydrogen) atoms. The highest BCUT2D eigenvalue weighted by Crippen LogP contribution is 2.24. The monoisotopic (exact) mass is 274 g/mol. The second-order valence-corrected chi connectivity index (χ2v) is 4.39. The molecule has 2 N–H and O–H groups in total. The Balaban J connectivity index is 2.84. The third-order valence-electron chi connectivity index (χ3n) is 2.19. The quantitative estimate of drug-likeness (QED) is 0.884. The lowest BCUT2D eigenvalue weighted by atomic mass is 10.2. The average molecular weight is 275 g/mol. The van der Waals surface area contributed by atoms with E-state index in [0.717, 1.165) is 4.47 Å². The summed E-state index contributed by atoms with van der Waals surface area (Å²) in [4.78, 5) is 0. The average Bonchev–Trinajstić information content (AvgIpc) is 2.20. The second-order valence-electron chi connectivity index (χ2n) is 3.47. The van der Waals surface area contributed by atoms with Gasteiger partial charge in [-0.2, -0.15) is 0 Å². The number of halogens is 1. The van der Waals surface area contributed by atoms with E-state index in [-0.39, 0.29) is 12.7 Å². The van der Waals surface area contributed by atoms with Gasteiger partial charge in [-0.3, -0.25) is 0 Å². The van der Waals surface area contributed by atoms with Crippen molar-refractivity contribution in [3.05, 3.63) is 28.2 Å². The Morgan fingerprint density at radius 3 is 2.60 bits per heavy atom. The van der Waals surface area contributed by atoms with E-state index in [1.54, 1.807) is 26.0 Å². The highest BCUT2D eigenvalue weighted by atomic mass is 79.9. The zero-order valence-corrected chi connectivity index (χ0v) is 10.4. The summed E-state index contributed by atoms with van der Waals surface area (Å²) in [5.41, 5.74) is 0.705. The minimum absolute atomic E-state index is 0.0820. The summed E-state index contributed by atoms with van der Waals surface area (Å²) in [6, 6.07) is 5.40. The number of hydrogen-bond donors (Lipinski definition) is 2. The highest BCUT2D eigenvalue weighted by Gasteiger charge is 2.12. The van der Waals surface area contributed by atoms with Crippen LogP contribution in [0, 0.1) is 0 Å². The fraction of sp³-hybridized carbons (Fsp3) is 0.455. The first kappa shape index (κ1) is 12.5. The summed E-state index contributed by atoms with van der Waals surface area (Å²) in [6.45, 7) is 3.37. The number of benzene rings is 1. The van der Waals surface area contributed by atoms with Crippen molar-refractivity contribution in [3.63, 3.8) is 0 Å². The Morgan fingerprint density at radius 1 is 1.40 bits per heavy atom. The van der Waals surface area contributed by atoms with E-state index in [0.29, 0.717) is 11.3 Å². The van der Waals surface area contributed by atoms with Gasteiger partial charge in [0.05, 0.1) is 12.7 Å². The van der Waals surface area contributed by atoms with Crippen molar-refractivity contribution in [2.45, 2.75) is 32.7 Å². The minimum atomic E-state index is -0.541. The zero-order valence-electron chi connectivity index (χ0n) is 8.77. The van der Waals surface area contributed by atoms with Crippen LogP contribution in [0.25, 0.3) is 0 Å². The van der Waals surface area contributed by atoms with Gasteiger partial charge in [0.2, 0.25) is 0 Å². The van der Waals surface area contributed by atoms with Crippen LogP contribution >= 0.6 is 15.9 Å². The lowest BCUT2D eigenvalue weighted by molar-refractivity contribution is 0.0589. The molecule has 0 spiro atoms. The highest BCUT2D eigenvalue weighted by molar-refractivity contribution is 9.10. The molecule has 0 heterocycles. The molecule has 4 heteroatoms. The van der Waals surface area contributed by atoms with E-state index < -0.39 is 6.10 Å². The van der Waals surface area contributed by atoms with Gasteiger partial charge in [0.1, 0.15) is 11.9 Å². The molecular formula is C11H15BrO3. The third kappa shape index (κ3) is 3.48. The number of aliphatic hydroxyl groups is 2. The maximum atomic E-state index is 9.30. The first-order valence-electron chi connectivity index (χ1n) is 4.78. The van der Waals surface area contributed by atoms with Crippen LogP contribution in [0.4, 0.5) is 0 Å². The Labute approximate surface area is 97.8 Å². The van der Waals surface area contributed by atoms with Gasteiger partial charge in [0.15, 0.2) is 0 Å². The standard InChI is InChI=1S/C11H15BrO3/c1-7(14)8(2)15-11-4-3-10(12)5-9(11)6-13/h3-5,7-8,13-14H,6H2,1-2H3. The Morgan fingerprint density at radius 2 is 2.07 bits per heavy atom. The summed E-state index contributed by atoms with van der Waals surface area (Å²) < 4.78 is 6.41. The van der Waals surface area contributed by atoms with Crippen LogP contribution in [-0.4, -0.2) is 22.4 Å². The van der Waals surface area contributed by atoms with Crippen LogP contribution in [0.1, 0.15) is 19.4 Å². The predicted molar refractivity (Wildman–Crippen MR) is 61.8 cm³/mol. The molecular weight excluding hydrogens is 260 g/mol. The van der Waals surface area contributed by atoms with E-state index in [1.807, 2.05) is 6.07 Å². The fourth-order valence-electron chi connectivity index (χ4n) is 1.09. The second kappa shape index (κ2) is 5.49. The van der Waals surface area contributed by atoms with Gasteiger partial charge in [-0.05, 0) is 32.0 Å². The van der Waals surface area contributed by atoms with Gasteiger partial charge in [0, 0.05) is 10.0 Å². The van der Waals surface area contributed by atoms with Gasteiger partial charge in [-0.25, -0.2) is 0 Å². The molecule has 0 saturated carbocycles. The molecule has 2 atom stereocenters. The van der Waals surface area contributed by atoms with Crippen molar-refractivity contribution in [2.24, 2.45) is 0 Å². The first-order chi connectivity index (χ1) is 7.04. The molecule has 0 aliphatic rings. The summed E-state index contributed by atoms with van der Waals surface area (Å²) in [7, 11) is 0. The van der Waals surface area contributed by atoms with Gasteiger partial charge in [0.25, 0.3) is 0 Å². The van der Waals surface area contributed by atoms with Gasteiger partial charge in [-0.15, -0.1) is 0 Å². The molecule has 0 aromatic heterocycles. The smallest absolute Gasteiger partial charge is 0.125 e. The van der Waals surface area contributed by atoms with Gasteiger partial charge < -0.3 is 14.9 Å².